The van der Waals surface area contributed by atoms with Crippen molar-refractivity contribution in [3.8, 4) is 23.0 Å². The van der Waals surface area contributed by atoms with Crippen LogP contribution in [0, 0.1) is 11.6 Å². The van der Waals surface area contributed by atoms with Gasteiger partial charge in [0, 0.05) is 11.8 Å². The predicted octanol–water partition coefficient (Wildman–Crippen LogP) is 3.41. The van der Waals surface area contributed by atoms with Gasteiger partial charge < -0.3 is 10.2 Å². The van der Waals surface area contributed by atoms with E-state index in [1.807, 2.05) is 0 Å². The maximum Gasteiger partial charge on any atom is 0.338 e. The largest absolute Gasteiger partial charge is 0.492 e. The van der Waals surface area contributed by atoms with Crippen LogP contribution < -0.4 is 0 Å². The molecule has 0 aliphatic heterocycles. The van der Waals surface area contributed by atoms with Gasteiger partial charge in [0.1, 0.15) is 11.0 Å². The molecular formula is C22H14F2N6O3. The van der Waals surface area contributed by atoms with E-state index in [-0.39, 0.29) is 35.0 Å². The van der Waals surface area contributed by atoms with E-state index in [2.05, 4.69) is 20.2 Å². The second-order valence-corrected chi connectivity index (χ2v) is 7.16. The number of rotatable bonds is 5. The first kappa shape index (κ1) is 20.2. The van der Waals surface area contributed by atoms with Crippen LogP contribution >= 0.6 is 0 Å². The van der Waals surface area contributed by atoms with Gasteiger partial charge in [-0.25, -0.2) is 23.2 Å². The molecule has 0 amide bonds. The Bertz CT molecular complexity index is 1510. The molecule has 2 N–H and O–H groups in total. The normalized spacial score (nSPS) is 11.2. The first-order valence-corrected chi connectivity index (χ1v) is 9.65. The maximum absolute atomic E-state index is 14.0. The van der Waals surface area contributed by atoms with Gasteiger partial charge in [-0.1, -0.05) is 36.4 Å². The van der Waals surface area contributed by atoms with Crippen LogP contribution in [0.2, 0.25) is 0 Å². The lowest BCUT2D eigenvalue weighted by atomic mass is 10.0. The molecule has 3 aromatic heterocycles. The summed E-state index contributed by atoms with van der Waals surface area (Å²) in [5, 5.41) is 27.7. The molecule has 0 aliphatic carbocycles. The lowest BCUT2D eigenvalue weighted by molar-refractivity contribution is 0.0697. The SMILES string of the molecule is O=C(O)c1cnn(-c2nc(O)c3c(cnn3Cc3ccc(-c4cccc(F)c4F)cc3)n2)c1. The van der Waals surface area contributed by atoms with Crippen molar-refractivity contribution < 1.29 is 23.8 Å². The van der Waals surface area contributed by atoms with Crippen molar-refractivity contribution >= 4 is 17.0 Å². The van der Waals surface area contributed by atoms with Gasteiger partial charge in [-0.3, -0.25) is 4.68 Å². The topological polar surface area (TPSA) is 119 Å². The number of aromatic hydroxyl groups is 1. The molecule has 3 heterocycles. The Balaban J connectivity index is 1.43. The molecule has 2 aromatic carbocycles. The minimum Gasteiger partial charge on any atom is -0.492 e. The maximum atomic E-state index is 14.0. The smallest absolute Gasteiger partial charge is 0.338 e. The zero-order chi connectivity index (χ0) is 23.1. The van der Waals surface area contributed by atoms with Crippen LogP contribution in [0.4, 0.5) is 8.78 Å². The molecule has 0 aliphatic rings. The average Bonchev–Trinajstić information content (AvgIpc) is 3.44. The van der Waals surface area contributed by atoms with Crippen LogP contribution in [0.3, 0.4) is 0 Å². The molecule has 11 heteroatoms. The Kier molecular flexibility index (Phi) is 4.78. The molecule has 5 aromatic rings. The van der Waals surface area contributed by atoms with Gasteiger partial charge in [0.15, 0.2) is 11.6 Å². The van der Waals surface area contributed by atoms with Gasteiger partial charge in [0.2, 0.25) is 5.88 Å². The van der Waals surface area contributed by atoms with E-state index in [1.54, 1.807) is 24.3 Å². The molecule has 33 heavy (non-hydrogen) atoms. The van der Waals surface area contributed by atoms with Gasteiger partial charge >= 0.3 is 5.97 Å². The predicted molar refractivity (Wildman–Crippen MR) is 112 cm³/mol. The number of aromatic nitrogens is 6. The second kappa shape index (κ2) is 7.79. The Labute approximate surface area is 184 Å². The summed E-state index contributed by atoms with van der Waals surface area (Å²) < 4.78 is 30.2. The van der Waals surface area contributed by atoms with Crippen molar-refractivity contribution in [3.63, 3.8) is 0 Å². The summed E-state index contributed by atoms with van der Waals surface area (Å²) in [6.07, 6.45) is 3.82. The van der Waals surface area contributed by atoms with Crippen molar-refractivity contribution in [2.75, 3.05) is 0 Å². The van der Waals surface area contributed by atoms with E-state index in [9.17, 15) is 18.7 Å². The number of carboxylic acid groups (broad SMARTS) is 1. The molecule has 5 rings (SSSR count). The third-order valence-corrected chi connectivity index (χ3v) is 5.04. The average molecular weight is 448 g/mol. The first-order chi connectivity index (χ1) is 15.9. The van der Waals surface area contributed by atoms with Crippen LogP contribution in [-0.2, 0) is 6.54 Å². The lowest BCUT2D eigenvalue weighted by Crippen LogP contribution is -2.05. The van der Waals surface area contributed by atoms with Crippen LogP contribution in [0.5, 0.6) is 5.88 Å². The van der Waals surface area contributed by atoms with E-state index in [0.717, 1.165) is 22.5 Å². The summed E-state index contributed by atoms with van der Waals surface area (Å²) in [5.74, 6) is -3.32. The number of benzene rings is 2. The fourth-order valence-electron chi connectivity index (χ4n) is 3.42. The number of fused-ring (bicyclic) bond motifs is 1. The molecule has 0 unspecified atom stereocenters. The molecule has 0 fully saturated rings. The minimum atomic E-state index is -1.15. The van der Waals surface area contributed by atoms with Crippen molar-refractivity contribution in [1.29, 1.82) is 0 Å². The number of hydrogen-bond acceptors (Lipinski definition) is 6. The Morgan fingerprint density at radius 2 is 1.79 bits per heavy atom. The highest BCUT2D eigenvalue weighted by atomic mass is 19.2. The van der Waals surface area contributed by atoms with Gasteiger partial charge in [0.25, 0.3) is 5.95 Å². The van der Waals surface area contributed by atoms with E-state index in [0.29, 0.717) is 11.1 Å². The summed E-state index contributed by atoms with van der Waals surface area (Å²) in [7, 11) is 0. The molecule has 164 valence electrons. The van der Waals surface area contributed by atoms with Gasteiger partial charge in [0.05, 0.1) is 24.5 Å². The molecule has 0 spiro atoms. The van der Waals surface area contributed by atoms with Gasteiger partial charge in [-0.2, -0.15) is 15.2 Å². The van der Waals surface area contributed by atoms with Crippen LogP contribution in [0.1, 0.15) is 15.9 Å². The Morgan fingerprint density at radius 1 is 1.00 bits per heavy atom. The van der Waals surface area contributed by atoms with Crippen molar-refractivity contribution in [3.05, 3.63) is 83.8 Å². The Morgan fingerprint density at radius 3 is 2.52 bits per heavy atom. The fourth-order valence-corrected chi connectivity index (χ4v) is 3.42. The monoisotopic (exact) mass is 448 g/mol. The zero-order valence-corrected chi connectivity index (χ0v) is 16.7. The summed E-state index contributed by atoms with van der Waals surface area (Å²) in [6.45, 7) is 0.261. The van der Waals surface area contributed by atoms with Crippen LogP contribution in [0.25, 0.3) is 28.1 Å². The van der Waals surface area contributed by atoms with Gasteiger partial charge in [-0.15, -0.1) is 0 Å². The van der Waals surface area contributed by atoms with E-state index in [4.69, 9.17) is 5.11 Å². The van der Waals surface area contributed by atoms with Crippen LogP contribution in [0.15, 0.2) is 61.1 Å². The number of nitrogens with zero attached hydrogens (tertiary/aromatic N) is 6. The van der Waals surface area contributed by atoms with E-state index >= 15 is 0 Å². The van der Waals surface area contributed by atoms with Crippen molar-refractivity contribution in [2.24, 2.45) is 0 Å². The molecule has 0 radical (unpaired) electrons. The zero-order valence-electron chi connectivity index (χ0n) is 16.7. The highest BCUT2D eigenvalue weighted by molar-refractivity contribution is 5.87. The summed E-state index contributed by atoms with van der Waals surface area (Å²) in [6, 6.07) is 10.8. The van der Waals surface area contributed by atoms with Crippen molar-refractivity contribution in [1.82, 2.24) is 29.5 Å². The molecular weight excluding hydrogens is 434 g/mol. The second-order valence-electron chi connectivity index (χ2n) is 7.16. The standard InChI is InChI=1S/C22H14F2N6O3/c23-16-3-1-2-15(18(16)24)13-6-4-12(5-7-13)10-29-19-17(9-26-29)27-22(28-20(19)31)30-11-14(8-25-30)21(32)33/h1-9,11H,10H2,(H,32,33)(H,27,28,31). The number of halogens is 2. The van der Waals surface area contributed by atoms with Gasteiger partial charge in [-0.05, 0) is 17.2 Å². The molecule has 0 atom stereocenters. The summed E-state index contributed by atoms with van der Waals surface area (Å²) in [4.78, 5) is 19.3. The number of carbonyl (C=O) groups is 1. The third-order valence-electron chi connectivity index (χ3n) is 5.04. The van der Waals surface area contributed by atoms with E-state index < -0.39 is 17.6 Å². The summed E-state index contributed by atoms with van der Waals surface area (Å²) in [5.41, 5.74) is 2.05. The molecule has 0 saturated carbocycles. The molecule has 9 nitrogen and oxygen atoms in total. The molecule has 0 saturated heterocycles. The lowest BCUT2D eigenvalue weighted by Gasteiger charge is -2.08. The summed E-state index contributed by atoms with van der Waals surface area (Å²) >= 11 is 0. The highest BCUT2D eigenvalue weighted by Crippen LogP contribution is 2.26. The highest BCUT2D eigenvalue weighted by Gasteiger charge is 2.16. The first-order valence-electron chi connectivity index (χ1n) is 9.65. The fraction of sp³-hybridized carbons (Fsp3) is 0.0455. The number of hydrogen-bond donors (Lipinski definition) is 2. The third kappa shape index (κ3) is 3.65. The van der Waals surface area contributed by atoms with E-state index in [1.165, 1.54) is 29.2 Å². The number of carboxylic acids is 1. The number of aromatic carboxylic acids is 1. The minimum absolute atomic E-state index is 0.00600. The van der Waals surface area contributed by atoms with Crippen molar-refractivity contribution in [2.45, 2.75) is 6.54 Å². The Hall–Kier alpha value is -4.67. The molecule has 0 bridgehead atoms. The van der Waals surface area contributed by atoms with Crippen LogP contribution in [-0.4, -0.2) is 45.7 Å². The quantitative estimate of drug-likeness (QED) is 0.423.